The summed E-state index contributed by atoms with van der Waals surface area (Å²) in [4.78, 5) is 13.1. The maximum absolute atomic E-state index is 12.8. The van der Waals surface area contributed by atoms with Crippen LogP contribution in [0.5, 0.6) is 0 Å². The first kappa shape index (κ1) is 15.6. The lowest BCUT2D eigenvalue weighted by molar-refractivity contribution is -0.137. The van der Waals surface area contributed by atoms with E-state index in [2.05, 4.69) is 15.0 Å². The maximum Gasteiger partial charge on any atom is 0.416 e. The Balaban J connectivity index is 2.15. The van der Waals surface area contributed by atoms with Crippen LogP contribution in [0.3, 0.4) is 0 Å². The Bertz CT molecular complexity index is 871. The highest BCUT2D eigenvalue weighted by atomic mass is 35.5. The normalized spacial score (nSPS) is 11.9. The van der Waals surface area contributed by atoms with Gasteiger partial charge >= 0.3 is 6.18 Å². The first-order valence-corrected chi connectivity index (χ1v) is 7.04. The third kappa shape index (κ3) is 2.96. The Morgan fingerprint density at radius 1 is 1.17 bits per heavy atom. The van der Waals surface area contributed by atoms with Crippen molar-refractivity contribution in [3.8, 4) is 11.4 Å². The number of fused-ring (bicyclic) bond motifs is 1. The van der Waals surface area contributed by atoms with Gasteiger partial charge in [0.15, 0.2) is 0 Å². The van der Waals surface area contributed by atoms with Crippen molar-refractivity contribution < 1.29 is 13.2 Å². The minimum atomic E-state index is -4.39. The lowest BCUT2D eigenvalue weighted by Gasteiger charge is -2.16. The largest absolute Gasteiger partial charge is 0.416 e. The Morgan fingerprint density at radius 2 is 1.91 bits per heavy atom. The van der Waals surface area contributed by atoms with Gasteiger partial charge in [-0.2, -0.15) is 13.2 Å². The van der Waals surface area contributed by atoms with E-state index in [0.29, 0.717) is 27.6 Å². The molecule has 0 bridgehead atoms. The molecule has 0 aliphatic heterocycles. The number of H-pyrrole nitrogens is 1. The summed E-state index contributed by atoms with van der Waals surface area (Å²) in [6, 6.07) is 5.08. The Kier molecular flexibility index (Phi) is 3.68. The van der Waals surface area contributed by atoms with Gasteiger partial charge in [-0.05, 0) is 24.3 Å². The van der Waals surface area contributed by atoms with Gasteiger partial charge in [-0.25, -0.2) is 9.97 Å². The number of halogens is 4. The molecule has 0 saturated carbocycles. The van der Waals surface area contributed by atoms with E-state index in [-0.39, 0.29) is 0 Å². The Hall–Kier alpha value is -2.28. The van der Waals surface area contributed by atoms with Crippen LogP contribution in [0.15, 0.2) is 30.5 Å². The van der Waals surface area contributed by atoms with Gasteiger partial charge in [-0.1, -0.05) is 11.6 Å². The number of benzene rings is 1. The van der Waals surface area contributed by atoms with Crippen molar-refractivity contribution in [3.63, 3.8) is 0 Å². The van der Waals surface area contributed by atoms with Crippen LogP contribution in [0.1, 0.15) is 5.56 Å². The van der Waals surface area contributed by atoms with Gasteiger partial charge in [-0.3, -0.25) is 0 Å². The molecule has 0 fully saturated rings. The quantitative estimate of drug-likeness (QED) is 0.705. The lowest BCUT2D eigenvalue weighted by Crippen LogP contribution is -2.10. The van der Waals surface area contributed by atoms with E-state index < -0.39 is 11.7 Å². The SMILES string of the molecule is CN(C)c1cc(Cl)ncc1-c1nc2ccc(C(F)(F)F)cc2[nH]1. The van der Waals surface area contributed by atoms with Crippen LogP contribution in [0.4, 0.5) is 18.9 Å². The molecule has 1 aromatic carbocycles. The van der Waals surface area contributed by atoms with Crippen LogP contribution in [0, 0.1) is 0 Å². The molecule has 0 amide bonds. The van der Waals surface area contributed by atoms with Gasteiger partial charge in [0.1, 0.15) is 11.0 Å². The summed E-state index contributed by atoms with van der Waals surface area (Å²) in [5.41, 5.74) is 1.47. The average Bonchev–Trinajstić information content (AvgIpc) is 2.88. The first-order chi connectivity index (χ1) is 10.8. The van der Waals surface area contributed by atoms with E-state index in [1.807, 2.05) is 19.0 Å². The molecule has 1 N–H and O–H groups in total. The van der Waals surface area contributed by atoms with E-state index in [0.717, 1.165) is 17.8 Å². The van der Waals surface area contributed by atoms with Gasteiger partial charge in [0, 0.05) is 20.3 Å². The Morgan fingerprint density at radius 3 is 2.57 bits per heavy atom. The predicted octanol–water partition coefficient (Wildman–Crippen LogP) is 4.36. The number of anilines is 1. The molecule has 0 spiro atoms. The number of rotatable bonds is 2. The van der Waals surface area contributed by atoms with Crippen LogP contribution in [0.2, 0.25) is 5.15 Å². The van der Waals surface area contributed by atoms with Crippen molar-refractivity contribution in [2.45, 2.75) is 6.18 Å². The van der Waals surface area contributed by atoms with Crippen LogP contribution in [-0.2, 0) is 6.18 Å². The predicted molar refractivity (Wildman–Crippen MR) is 83.7 cm³/mol. The van der Waals surface area contributed by atoms with Crippen molar-refractivity contribution in [1.82, 2.24) is 15.0 Å². The van der Waals surface area contributed by atoms with Crippen molar-refractivity contribution >= 4 is 28.3 Å². The second-order valence-corrected chi connectivity index (χ2v) is 5.62. The van der Waals surface area contributed by atoms with Gasteiger partial charge < -0.3 is 9.88 Å². The fourth-order valence-electron chi connectivity index (χ4n) is 2.29. The second-order valence-electron chi connectivity index (χ2n) is 5.23. The van der Waals surface area contributed by atoms with Gasteiger partial charge in [0.25, 0.3) is 0 Å². The smallest absolute Gasteiger partial charge is 0.377 e. The van der Waals surface area contributed by atoms with Gasteiger partial charge in [0.05, 0.1) is 27.8 Å². The van der Waals surface area contributed by atoms with E-state index in [1.165, 1.54) is 6.07 Å². The van der Waals surface area contributed by atoms with Crippen LogP contribution in [-0.4, -0.2) is 29.0 Å². The molecule has 8 heteroatoms. The molecule has 0 saturated heterocycles. The number of aromatic nitrogens is 3. The average molecular weight is 341 g/mol. The highest BCUT2D eigenvalue weighted by Gasteiger charge is 2.30. The number of aromatic amines is 1. The molecule has 0 radical (unpaired) electrons. The molecule has 120 valence electrons. The standard InChI is InChI=1S/C15H12ClF3N4/c1-23(2)12-6-13(16)20-7-9(12)14-21-10-4-3-8(15(17,18)19)5-11(10)22-14/h3-7H,1-2H3,(H,21,22). The molecule has 0 aliphatic carbocycles. The molecule has 3 aromatic rings. The zero-order valence-electron chi connectivity index (χ0n) is 12.2. The van der Waals surface area contributed by atoms with E-state index in [4.69, 9.17) is 11.6 Å². The molecule has 3 rings (SSSR count). The minimum absolute atomic E-state index is 0.314. The summed E-state index contributed by atoms with van der Waals surface area (Å²) >= 11 is 5.90. The summed E-state index contributed by atoms with van der Waals surface area (Å²) < 4.78 is 38.4. The highest BCUT2D eigenvalue weighted by molar-refractivity contribution is 6.29. The molecular weight excluding hydrogens is 329 g/mol. The van der Waals surface area contributed by atoms with Crippen LogP contribution in [0.25, 0.3) is 22.4 Å². The third-order valence-corrected chi connectivity index (χ3v) is 3.60. The summed E-state index contributed by atoms with van der Waals surface area (Å²) in [5, 5.41) is 0.327. The van der Waals surface area contributed by atoms with Gasteiger partial charge in [0.2, 0.25) is 0 Å². The molecule has 0 aliphatic rings. The summed E-state index contributed by atoms with van der Waals surface area (Å²) in [7, 11) is 3.67. The van der Waals surface area contributed by atoms with E-state index in [9.17, 15) is 13.2 Å². The number of hydrogen-bond acceptors (Lipinski definition) is 3. The molecule has 2 aromatic heterocycles. The van der Waals surface area contributed by atoms with Crippen LogP contribution >= 0.6 is 11.6 Å². The van der Waals surface area contributed by atoms with E-state index >= 15 is 0 Å². The number of nitrogens with one attached hydrogen (secondary N) is 1. The fraction of sp³-hybridized carbons (Fsp3) is 0.200. The molecule has 0 unspecified atom stereocenters. The van der Waals surface area contributed by atoms with Crippen molar-refractivity contribution in [2.75, 3.05) is 19.0 Å². The van der Waals surface area contributed by atoms with Crippen LogP contribution < -0.4 is 4.90 Å². The number of imidazole rings is 1. The summed E-state index contributed by atoms with van der Waals surface area (Å²) in [5.74, 6) is 0.437. The Labute approximate surface area is 134 Å². The zero-order valence-corrected chi connectivity index (χ0v) is 13.0. The van der Waals surface area contributed by atoms with Gasteiger partial charge in [-0.15, -0.1) is 0 Å². The molecule has 4 nitrogen and oxygen atoms in total. The molecule has 0 atom stereocenters. The number of pyridine rings is 1. The van der Waals surface area contributed by atoms with Crippen molar-refractivity contribution in [2.24, 2.45) is 0 Å². The first-order valence-electron chi connectivity index (χ1n) is 6.66. The number of alkyl halides is 3. The third-order valence-electron chi connectivity index (χ3n) is 3.39. The summed E-state index contributed by atoms with van der Waals surface area (Å²) in [6.45, 7) is 0. The van der Waals surface area contributed by atoms with E-state index in [1.54, 1.807) is 12.3 Å². The second kappa shape index (κ2) is 5.42. The monoisotopic (exact) mass is 340 g/mol. The topological polar surface area (TPSA) is 44.8 Å². The number of nitrogens with zero attached hydrogens (tertiary/aromatic N) is 3. The maximum atomic E-state index is 12.8. The van der Waals surface area contributed by atoms with Crippen molar-refractivity contribution in [1.29, 1.82) is 0 Å². The minimum Gasteiger partial charge on any atom is -0.377 e. The zero-order chi connectivity index (χ0) is 16.8. The molecular formula is C15H12ClF3N4. The number of hydrogen-bond donors (Lipinski definition) is 1. The molecule has 23 heavy (non-hydrogen) atoms. The fourth-order valence-corrected chi connectivity index (χ4v) is 2.44. The van der Waals surface area contributed by atoms with Crippen molar-refractivity contribution in [3.05, 3.63) is 41.2 Å². The lowest BCUT2D eigenvalue weighted by atomic mass is 10.2. The summed E-state index contributed by atoms with van der Waals surface area (Å²) in [6.07, 6.45) is -2.85. The molecule has 2 heterocycles. The highest BCUT2D eigenvalue weighted by Crippen LogP contribution is 2.33.